The number of hydrogen-bond donors (Lipinski definition) is 2. The minimum Gasteiger partial charge on any atom is -0.492 e. The number of ether oxygens (including phenoxy) is 4. The monoisotopic (exact) mass is 562 g/mol. The van der Waals surface area contributed by atoms with Gasteiger partial charge < -0.3 is 29.6 Å². The lowest BCUT2D eigenvalue weighted by Crippen LogP contribution is -2.40. The third kappa shape index (κ3) is 6.60. The fraction of sp³-hybridized carbons (Fsp3) is 0.450. The van der Waals surface area contributed by atoms with Gasteiger partial charge in [0.1, 0.15) is 22.2 Å². The zero-order valence-corrected chi connectivity index (χ0v) is 21.0. The molecule has 0 saturated carbocycles. The molecule has 2 heterocycles. The van der Waals surface area contributed by atoms with E-state index in [1.807, 2.05) is 25.1 Å². The highest BCUT2D eigenvalue weighted by atomic mass is 127. The van der Waals surface area contributed by atoms with E-state index in [0.717, 1.165) is 10.8 Å². The Kier molecular flexibility index (Phi) is 9.62. The van der Waals surface area contributed by atoms with Crippen molar-refractivity contribution in [2.75, 3.05) is 33.6 Å². The second-order valence-corrected chi connectivity index (χ2v) is 7.45. The SMILES string of the molecule is CCOC(=O)c1sc(C(C)NC(=NC)NCCOc2ccc3c(c2)OCO3)nc1C.I. The summed E-state index contributed by atoms with van der Waals surface area (Å²) in [6.07, 6.45) is 0. The van der Waals surface area contributed by atoms with Gasteiger partial charge in [0.05, 0.1) is 24.9 Å². The quantitative estimate of drug-likeness (QED) is 0.166. The molecule has 0 spiro atoms. The highest BCUT2D eigenvalue weighted by Crippen LogP contribution is 2.35. The number of carbonyl (C=O) groups is 1. The van der Waals surface area contributed by atoms with Crippen LogP contribution in [0.2, 0.25) is 0 Å². The summed E-state index contributed by atoms with van der Waals surface area (Å²) < 4.78 is 21.5. The molecule has 0 radical (unpaired) electrons. The maximum Gasteiger partial charge on any atom is 0.350 e. The number of esters is 1. The molecule has 31 heavy (non-hydrogen) atoms. The van der Waals surface area contributed by atoms with Gasteiger partial charge in [0.15, 0.2) is 17.5 Å². The second-order valence-electron chi connectivity index (χ2n) is 6.42. The molecule has 3 rings (SSSR count). The number of fused-ring (bicyclic) bond motifs is 1. The number of nitrogens with zero attached hydrogens (tertiary/aromatic N) is 2. The first-order valence-electron chi connectivity index (χ1n) is 9.65. The molecule has 1 unspecified atom stereocenters. The van der Waals surface area contributed by atoms with Gasteiger partial charge in [-0.15, -0.1) is 35.3 Å². The average molecular weight is 562 g/mol. The molecule has 9 nitrogen and oxygen atoms in total. The van der Waals surface area contributed by atoms with Gasteiger partial charge in [0, 0.05) is 13.1 Å². The van der Waals surface area contributed by atoms with Crippen LogP contribution in [0, 0.1) is 6.92 Å². The van der Waals surface area contributed by atoms with Gasteiger partial charge in [-0.1, -0.05) is 0 Å². The minimum absolute atomic E-state index is 0. The van der Waals surface area contributed by atoms with Crippen LogP contribution >= 0.6 is 35.3 Å². The van der Waals surface area contributed by atoms with Gasteiger partial charge in [-0.05, 0) is 32.9 Å². The van der Waals surface area contributed by atoms with Crippen molar-refractivity contribution in [3.63, 3.8) is 0 Å². The smallest absolute Gasteiger partial charge is 0.350 e. The molecule has 11 heteroatoms. The van der Waals surface area contributed by atoms with E-state index in [0.29, 0.717) is 47.8 Å². The Hall–Kier alpha value is -2.28. The van der Waals surface area contributed by atoms with Gasteiger partial charge in [-0.3, -0.25) is 4.99 Å². The third-order valence-electron chi connectivity index (χ3n) is 4.23. The second kappa shape index (κ2) is 11.9. The maximum absolute atomic E-state index is 12.0. The van der Waals surface area contributed by atoms with Crippen LogP contribution in [0.4, 0.5) is 0 Å². The number of guanidine groups is 1. The number of thiazole rings is 1. The summed E-state index contributed by atoms with van der Waals surface area (Å²) in [5.74, 6) is 2.40. The summed E-state index contributed by atoms with van der Waals surface area (Å²) in [5.41, 5.74) is 0.669. The molecule has 1 atom stereocenters. The minimum atomic E-state index is -0.339. The van der Waals surface area contributed by atoms with Crippen LogP contribution in [0.25, 0.3) is 0 Å². The fourth-order valence-corrected chi connectivity index (χ4v) is 3.72. The van der Waals surface area contributed by atoms with E-state index < -0.39 is 0 Å². The van der Waals surface area contributed by atoms with E-state index in [2.05, 4.69) is 20.6 Å². The molecule has 0 saturated heterocycles. The van der Waals surface area contributed by atoms with E-state index in [4.69, 9.17) is 18.9 Å². The Balaban J connectivity index is 0.00000341. The Labute approximate surface area is 202 Å². The number of carbonyl (C=O) groups excluding carboxylic acids is 1. The normalized spacial score (nSPS) is 13.2. The van der Waals surface area contributed by atoms with E-state index in [1.165, 1.54) is 11.3 Å². The molecule has 0 bridgehead atoms. The predicted molar refractivity (Wildman–Crippen MR) is 129 cm³/mol. The van der Waals surface area contributed by atoms with E-state index in [1.54, 1.807) is 20.9 Å². The predicted octanol–water partition coefficient (Wildman–Crippen LogP) is 3.28. The topological polar surface area (TPSA) is 103 Å². The van der Waals surface area contributed by atoms with Crippen LogP contribution in [0.3, 0.4) is 0 Å². The van der Waals surface area contributed by atoms with E-state index in [9.17, 15) is 4.79 Å². The van der Waals surface area contributed by atoms with Crippen LogP contribution in [-0.2, 0) is 4.74 Å². The molecule has 0 aliphatic carbocycles. The molecular weight excluding hydrogens is 535 g/mol. The lowest BCUT2D eigenvalue weighted by molar-refractivity contribution is 0.0531. The lowest BCUT2D eigenvalue weighted by Gasteiger charge is -2.16. The Morgan fingerprint density at radius 1 is 1.35 bits per heavy atom. The Morgan fingerprint density at radius 2 is 2.13 bits per heavy atom. The maximum atomic E-state index is 12.0. The molecular formula is C20H27IN4O5S. The highest BCUT2D eigenvalue weighted by molar-refractivity contribution is 14.0. The molecule has 1 aromatic heterocycles. The summed E-state index contributed by atoms with van der Waals surface area (Å²) >= 11 is 1.33. The van der Waals surface area contributed by atoms with Crippen LogP contribution in [0.5, 0.6) is 17.2 Å². The summed E-state index contributed by atoms with van der Waals surface area (Å²) in [4.78, 5) is 21.2. The Morgan fingerprint density at radius 3 is 2.87 bits per heavy atom. The number of benzene rings is 1. The summed E-state index contributed by atoms with van der Waals surface area (Å²) in [6.45, 7) is 7.11. The van der Waals surface area contributed by atoms with Crippen molar-refractivity contribution in [3.8, 4) is 17.2 Å². The van der Waals surface area contributed by atoms with Gasteiger partial charge >= 0.3 is 5.97 Å². The Bertz CT molecular complexity index is 921. The average Bonchev–Trinajstić information content (AvgIpc) is 3.36. The highest BCUT2D eigenvalue weighted by Gasteiger charge is 2.20. The van der Waals surface area contributed by atoms with Crippen LogP contribution in [0.15, 0.2) is 23.2 Å². The standard InChI is InChI=1S/C20H26N4O5S.HI/c1-5-26-19(25)17-12(2)23-18(30-17)13(3)24-20(21-4)22-8-9-27-14-6-7-15-16(10-14)29-11-28-15;/h6-7,10,13H,5,8-9,11H2,1-4H3,(H2,21,22,24);1H. The number of aliphatic imine (C=N–C) groups is 1. The first-order valence-corrected chi connectivity index (χ1v) is 10.5. The molecule has 1 aliphatic heterocycles. The van der Waals surface area contributed by atoms with Crippen molar-refractivity contribution in [3.05, 3.63) is 33.8 Å². The number of aromatic nitrogens is 1. The van der Waals surface area contributed by atoms with Gasteiger partial charge in [-0.2, -0.15) is 0 Å². The largest absolute Gasteiger partial charge is 0.492 e. The van der Waals surface area contributed by atoms with Crippen molar-refractivity contribution >= 4 is 47.2 Å². The van der Waals surface area contributed by atoms with E-state index >= 15 is 0 Å². The third-order valence-corrected chi connectivity index (χ3v) is 5.55. The summed E-state index contributed by atoms with van der Waals surface area (Å²) in [5, 5.41) is 7.26. The van der Waals surface area contributed by atoms with Crippen molar-refractivity contribution in [2.24, 2.45) is 4.99 Å². The number of nitrogens with one attached hydrogen (secondary N) is 2. The van der Waals surface area contributed by atoms with E-state index in [-0.39, 0.29) is 42.8 Å². The molecule has 2 aromatic rings. The van der Waals surface area contributed by atoms with Gasteiger partial charge in [0.25, 0.3) is 0 Å². The van der Waals surface area contributed by atoms with Crippen LogP contribution in [0.1, 0.15) is 40.3 Å². The van der Waals surface area contributed by atoms with Crippen molar-refractivity contribution in [2.45, 2.75) is 26.8 Å². The van der Waals surface area contributed by atoms with Crippen LogP contribution in [-0.4, -0.2) is 50.5 Å². The van der Waals surface area contributed by atoms with Gasteiger partial charge in [-0.25, -0.2) is 9.78 Å². The molecule has 170 valence electrons. The van der Waals surface area contributed by atoms with Crippen molar-refractivity contribution < 1.29 is 23.7 Å². The molecule has 1 aliphatic rings. The summed E-state index contributed by atoms with van der Waals surface area (Å²) in [7, 11) is 1.69. The first-order chi connectivity index (χ1) is 14.5. The molecule has 0 fully saturated rings. The molecule has 2 N–H and O–H groups in total. The summed E-state index contributed by atoms with van der Waals surface area (Å²) in [6, 6.07) is 5.35. The van der Waals surface area contributed by atoms with Crippen molar-refractivity contribution in [1.29, 1.82) is 0 Å². The molecule has 0 amide bonds. The fourth-order valence-electron chi connectivity index (χ4n) is 2.75. The first kappa shape index (κ1) is 25.0. The van der Waals surface area contributed by atoms with Gasteiger partial charge in [0.2, 0.25) is 6.79 Å². The number of hydrogen-bond acceptors (Lipinski definition) is 8. The number of rotatable bonds is 8. The number of halogens is 1. The van der Waals surface area contributed by atoms with Crippen LogP contribution < -0.4 is 24.8 Å². The number of aryl methyl sites for hydroxylation is 1. The lowest BCUT2D eigenvalue weighted by atomic mass is 10.3. The zero-order chi connectivity index (χ0) is 21.5. The molecule has 1 aromatic carbocycles. The zero-order valence-electron chi connectivity index (χ0n) is 17.9. The van der Waals surface area contributed by atoms with Crippen molar-refractivity contribution in [1.82, 2.24) is 15.6 Å².